The largest absolute Gasteiger partial charge is 0.313 e. The summed E-state index contributed by atoms with van der Waals surface area (Å²) < 4.78 is 0. The van der Waals surface area contributed by atoms with Crippen molar-refractivity contribution in [3.8, 4) is 0 Å². The highest BCUT2D eigenvalue weighted by molar-refractivity contribution is 4.83. The highest BCUT2D eigenvalue weighted by Gasteiger charge is 2.27. The van der Waals surface area contributed by atoms with Gasteiger partial charge in [-0.1, -0.05) is 41.0 Å². The van der Waals surface area contributed by atoms with E-state index in [4.69, 9.17) is 0 Å². The molecule has 0 amide bonds. The number of hydrogen-bond acceptors (Lipinski definition) is 1. The predicted octanol–water partition coefficient (Wildman–Crippen LogP) is 3.84. The van der Waals surface area contributed by atoms with Crippen LogP contribution in [-0.2, 0) is 0 Å². The van der Waals surface area contributed by atoms with E-state index in [1.54, 1.807) is 0 Å². The minimum absolute atomic E-state index is 0.435. The normalized spacial score (nSPS) is 27.6. The fourth-order valence-corrected chi connectivity index (χ4v) is 2.24. The Labute approximate surface area is 96.0 Å². The Morgan fingerprint density at radius 1 is 1.27 bits per heavy atom. The van der Waals surface area contributed by atoms with Crippen LogP contribution in [0.5, 0.6) is 0 Å². The summed E-state index contributed by atoms with van der Waals surface area (Å²) in [6.07, 6.45) is 5.61. The van der Waals surface area contributed by atoms with Crippen molar-refractivity contribution in [3.63, 3.8) is 0 Å². The van der Waals surface area contributed by atoms with Crippen LogP contribution < -0.4 is 5.32 Å². The van der Waals surface area contributed by atoms with E-state index < -0.39 is 0 Å². The van der Waals surface area contributed by atoms with Crippen molar-refractivity contribution in [1.82, 2.24) is 5.32 Å². The Morgan fingerprint density at radius 2 is 1.93 bits per heavy atom. The molecule has 1 aliphatic rings. The van der Waals surface area contributed by atoms with Gasteiger partial charge in [-0.3, -0.25) is 0 Å². The Hall–Kier alpha value is -0.0400. The maximum absolute atomic E-state index is 3.77. The van der Waals surface area contributed by atoms with Crippen molar-refractivity contribution in [1.29, 1.82) is 0 Å². The number of rotatable bonds is 5. The van der Waals surface area contributed by atoms with Crippen molar-refractivity contribution in [3.05, 3.63) is 0 Å². The maximum Gasteiger partial charge on any atom is 0.00700 e. The van der Waals surface area contributed by atoms with Crippen molar-refractivity contribution in [2.24, 2.45) is 17.3 Å². The molecule has 1 nitrogen and oxygen atoms in total. The summed E-state index contributed by atoms with van der Waals surface area (Å²) in [5, 5.41) is 3.77. The first kappa shape index (κ1) is 13.0. The lowest BCUT2D eigenvalue weighted by molar-refractivity contribution is 0.227. The van der Waals surface area contributed by atoms with Gasteiger partial charge in [0.25, 0.3) is 0 Å². The van der Waals surface area contributed by atoms with Crippen LogP contribution in [0.25, 0.3) is 0 Å². The molecule has 0 bridgehead atoms. The van der Waals surface area contributed by atoms with Gasteiger partial charge in [0.05, 0.1) is 0 Å². The number of nitrogens with one attached hydrogen (secondary N) is 1. The molecule has 15 heavy (non-hydrogen) atoms. The van der Waals surface area contributed by atoms with Crippen LogP contribution in [0.15, 0.2) is 0 Å². The molecule has 0 aliphatic heterocycles. The third-order valence-corrected chi connectivity index (χ3v) is 4.53. The topological polar surface area (TPSA) is 12.0 Å². The molecule has 1 rings (SSSR count). The molecule has 1 aliphatic carbocycles. The summed E-state index contributed by atoms with van der Waals surface area (Å²) >= 11 is 0. The fraction of sp³-hybridized carbons (Fsp3) is 1.00. The van der Waals surface area contributed by atoms with Gasteiger partial charge in [0, 0.05) is 12.6 Å². The second kappa shape index (κ2) is 5.34. The van der Waals surface area contributed by atoms with Gasteiger partial charge in [-0.15, -0.1) is 0 Å². The van der Waals surface area contributed by atoms with E-state index in [0.29, 0.717) is 5.41 Å². The lowest BCUT2D eigenvalue weighted by Crippen LogP contribution is -2.38. The molecule has 0 aromatic rings. The second-order valence-electron chi connectivity index (χ2n) is 6.31. The van der Waals surface area contributed by atoms with Crippen molar-refractivity contribution < 1.29 is 0 Å². The fourth-order valence-electron chi connectivity index (χ4n) is 2.24. The molecule has 2 unspecified atom stereocenters. The minimum Gasteiger partial charge on any atom is -0.313 e. The van der Waals surface area contributed by atoms with E-state index in [0.717, 1.165) is 17.9 Å². The Bertz CT molecular complexity index is 184. The molecular weight excluding hydrogens is 182 g/mol. The third kappa shape index (κ3) is 3.79. The molecule has 90 valence electrons. The van der Waals surface area contributed by atoms with Gasteiger partial charge in [-0.25, -0.2) is 0 Å². The van der Waals surface area contributed by atoms with Crippen LogP contribution in [0.2, 0.25) is 0 Å². The van der Waals surface area contributed by atoms with E-state index in [1.807, 2.05) is 0 Å². The molecular formula is C14H29N. The minimum atomic E-state index is 0.435. The van der Waals surface area contributed by atoms with Crippen LogP contribution in [0.4, 0.5) is 0 Å². The molecule has 1 saturated carbocycles. The summed E-state index contributed by atoms with van der Waals surface area (Å²) in [5.74, 6) is 1.75. The Morgan fingerprint density at radius 3 is 2.40 bits per heavy atom. The SMILES string of the molecule is CCC1CCC(NCC(C)(C)C(C)C)C1. The van der Waals surface area contributed by atoms with Crippen molar-refractivity contribution in [2.75, 3.05) is 6.54 Å². The molecule has 1 N–H and O–H groups in total. The summed E-state index contributed by atoms with van der Waals surface area (Å²) in [4.78, 5) is 0. The Balaban J connectivity index is 2.26. The lowest BCUT2D eigenvalue weighted by atomic mass is 9.81. The molecule has 0 spiro atoms. The van der Waals surface area contributed by atoms with E-state index >= 15 is 0 Å². The highest BCUT2D eigenvalue weighted by atomic mass is 14.9. The van der Waals surface area contributed by atoms with Gasteiger partial charge in [0.2, 0.25) is 0 Å². The molecule has 1 heteroatoms. The molecule has 0 aromatic heterocycles. The van der Waals surface area contributed by atoms with Crippen LogP contribution in [-0.4, -0.2) is 12.6 Å². The smallest absolute Gasteiger partial charge is 0.00700 e. The zero-order valence-electron chi connectivity index (χ0n) is 11.3. The van der Waals surface area contributed by atoms with Gasteiger partial charge in [-0.05, 0) is 36.5 Å². The zero-order valence-corrected chi connectivity index (χ0v) is 11.3. The molecule has 1 fully saturated rings. The van der Waals surface area contributed by atoms with E-state index in [1.165, 1.54) is 32.2 Å². The first-order valence-electron chi connectivity index (χ1n) is 6.69. The molecule has 0 aromatic carbocycles. The van der Waals surface area contributed by atoms with E-state index in [2.05, 4.69) is 39.9 Å². The summed E-state index contributed by atoms with van der Waals surface area (Å²) in [5.41, 5.74) is 0.435. The van der Waals surface area contributed by atoms with Crippen LogP contribution >= 0.6 is 0 Å². The first-order chi connectivity index (χ1) is 6.95. The second-order valence-corrected chi connectivity index (χ2v) is 6.31. The summed E-state index contributed by atoms with van der Waals surface area (Å²) in [6.45, 7) is 12.9. The average Bonchev–Trinajstić information content (AvgIpc) is 2.62. The van der Waals surface area contributed by atoms with E-state index in [-0.39, 0.29) is 0 Å². The van der Waals surface area contributed by atoms with Gasteiger partial charge < -0.3 is 5.32 Å². The molecule has 0 saturated heterocycles. The molecule has 0 heterocycles. The monoisotopic (exact) mass is 211 g/mol. The predicted molar refractivity (Wildman–Crippen MR) is 68.0 cm³/mol. The zero-order chi connectivity index (χ0) is 11.5. The summed E-state index contributed by atoms with van der Waals surface area (Å²) in [7, 11) is 0. The van der Waals surface area contributed by atoms with E-state index in [9.17, 15) is 0 Å². The third-order valence-electron chi connectivity index (χ3n) is 4.53. The van der Waals surface area contributed by atoms with Crippen LogP contribution in [0, 0.1) is 17.3 Å². The van der Waals surface area contributed by atoms with Crippen LogP contribution in [0.3, 0.4) is 0 Å². The van der Waals surface area contributed by atoms with Crippen LogP contribution in [0.1, 0.15) is 60.3 Å². The maximum atomic E-state index is 3.77. The lowest BCUT2D eigenvalue weighted by Gasteiger charge is -2.31. The average molecular weight is 211 g/mol. The van der Waals surface area contributed by atoms with Gasteiger partial charge in [0.1, 0.15) is 0 Å². The quantitative estimate of drug-likeness (QED) is 0.728. The first-order valence-corrected chi connectivity index (χ1v) is 6.69. The standard InChI is InChI=1S/C14H29N/c1-6-12-7-8-13(9-12)15-10-14(4,5)11(2)3/h11-13,15H,6-10H2,1-5H3. The Kier molecular flexibility index (Phi) is 4.64. The van der Waals surface area contributed by atoms with Crippen molar-refractivity contribution in [2.45, 2.75) is 66.3 Å². The van der Waals surface area contributed by atoms with Gasteiger partial charge in [-0.2, -0.15) is 0 Å². The summed E-state index contributed by atoms with van der Waals surface area (Å²) in [6, 6.07) is 0.799. The molecule has 0 radical (unpaired) electrons. The van der Waals surface area contributed by atoms with Crippen molar-refractivity contribution >= 4 is 0 Å². The van der Waals surface area contributed by atoms with Gasteiger partial charge in [0.15, 0.2) is 0 Å². The van der Waals surface area contributed by atoms with Gasteiger partial charge >= 0.3 is 0 Å². The number of hydrogen-bond donors (Lipinski definition) is 1. The highest BCUT2D eigenvalue weighted by Crippen LogP contribution is 2.30. The molecule has 2 atom stereocenters.